The van der Waals surface area contributed by atoms with Gasteiger partial charge < -0.3 is 9.47 Å². The SMILES string of the molecule is COc1cc(C(=O)CCc2ccccc2)c(OC)c2ccccc12. The molecule has 24 heavy (non-hydrogen) atoms. The molecule has 3 rings (SSSR count). The van der Waals surface area contributed by atoms with Crippen LogP contribution in [0.1, 0.15) is 22.3 Å². The molecule has 0 saturated carbocycles. The van der Waals surface area contributed by atoms with Gasteiger partial charge in [0.25, 0.3) is 0 Å². The Balaban J connectivity index is 1.97. The minimum atomic E-state index is 0.0553. The lowest BCUT2D eigenvalue weighted by molar-refractivity contribution is 0.0980. The Bertz CT molecular complexity index is 854. The molecule has 0 aromatic heterocycles. The molecule has 0 bridgehead atoms. The number of hydrogen-bond donors (Lipinski definition) is 0. The summed E-state index contributed by atoms with van der Waals surface area (Å²) in [5.74, 6) is 1.36. The number of carbonyl (C=O) groups excluding carboxylic acids is 1. The predicted octanol–water partition coefficient (Wildman–Crippen LogP) is 4.67. The number of Topliss-reactive ketones (excluding diaryl/α,β-unsaturated/α-hetero) is 1. The van der Waals surface area contributed by atoms with Gasteiger partial charge in [0, 0.05) is 17.2 Å². The summed E-state index contributed by atoms with van der Waals surface area (Å²) in [4.78, 5) is 12.8. The molecule has 3 aromatic rings. The summed E-state index contributed by atoms with van der Waals surface area (Å²) >= 11 is 0. The zero-order valence-corrected chi connectivity index (χ0v) is 13.9. The van der Waals surface area contributed by atoms with Crippen LogP contribution in [0.25, 0.3) is 10.8 Å². The van der Waals surface area contributed by atoms with Crippen molar-refractivity contribution in [3.05, 3.63) is 71.8 Å². The molecule has 3 aromatic carbocycles. The standard InChI is InChI=1S/C21H20O3/c1-23-20-14-18(19(22)13-12-15-8-4-3-5-9-15)21(24-2)17-11-7-6-10-16(17)20/h3-11,14H,12-13H2,1-2H3. The highest BCUT2D eigenvalue weighted by molar-refractivity contribution is 6.07. The highest BCUT2D eigenvalue weighted by Gasteiger charge is 2.18. The van der Waals surface area contributed by atoms with Gasteiger partial charge in [-0.15, -0.1) is 0 Å². The van der Waals surface area contributed by atoms with Gasteiger partial charge in [-0.2, -0.15) is 0 Å². The minimum Gasteiger partial charge on any atom is -0.496 e. The van der Waals surface area contributed by atoms with Gasteiger partial charge in [-0.25, -0.2) is 0 Å². The van der Waals surface area contributed by atoms with Crippen molar-refractivity contribution < 1.29 is 14.3 Å². The van der Waals surface area contributed by atoms with Gasteiger partial charge in [-0.1, -0.05) is 54.6 Å². The van der Waals surface area contributed by atoms with E-state index in [0.717, 1.165) is 16.3 Å². The second kappa shape index (κ2) is 7.18. The zero-order valence-electron chi connectivity index (χ0n) is 13.9. The Hall–Kier alpha value is -2.81. The van der Waals surface area contributed by atoms with Crippen molar-refractivity contribution in [1.82, 2.24) is 0 Å². The van der Waals surface area contributed by atoms with Crippen molar-refractivity contribution in [2.45, 2.75) is 12.8 Å². The van der Waals surface area contributed by atoms with Crippen molar-refractivity contribution in [2.24, 2.45) is 0 Å². The third-order valence-corrected chi connectivity index (χ3v) is 4.17. The molecular formula is C21H20O3. The average Bonchev–Trinajstić information content (AvgIpc) is 2.65. The number of ketones is 1. The van der Waals surface area contributed by atoms with Gasteiger partial charge in [-0.05, 0) is 18.1 Å². The first-order valence-electron chi connectivity index (χ1n) is 7.95. The lowest BCUT2D eigenvalue weighted by atomic mass is 9.98. The summed E-state index contributed by atoms with van der Waals surface area (Å²) in [7, 11) is 3.22. The Labute approximate surface area is 141 Å². The van der Waals surface area contributed by atoms with E-state index in [0.29, 0.717) is 29.9 Å². The van der Waals surface area contributed by atoms with E-state index in [9.17, 15) is 4.79 Å². The number of hydrogen-bond acceptors (Lipinski definition) is 3. The quantitative estimate of drug-likeness (QED) is 0.619. The number of methoxy groups -OCH3 is 2. The molecule has 0 spiro atoms. The second-order valence-corrected chi connectivity index (χ2v) is 5.61. The van der Waals surface area contributed by atoms with Crippen LogP contribution in [0.15, 0.2) is 60.7 Å². The van der Waals surface area contributed by atoms with Crippen molar-refractivity contribution in [3.63, 3.8) is 0 Å². The summed E-state index contributed by atoms with van der Waals surface area (Å²) in [6.45, 7) is 0. The Morgan fingerprint density at radius 2 is 1.54 bits per heavy atom. The lowest BCUT2D eigenvalue weighted by Crippen LogP contribution is -2.05. The van der Waals surface area contributed by atoms with Crippen molar-refractivity contribution in [2.75, 3.05) is 14.2 Å². The number of rotatable bonds is 6. The largest absolute Gasteiger partial charge is 0.496 e. The fraction of sp³-hybridized carbons (Fsp3) is 0.190. The normalized spacial score (nSPS) is 10.6. The van der Waals surface area contributed by atoms with Gasteiger partial charge in [0.15, 0.2) is 5.78 Å². The lowest BCUT2D eigenvalue weighted by Gasteiger charge is -2.14. The maximum absolute atomic E-state index is 12.8. The van der Waals surface area contributed by atoms with Crippen LogP contribution in [0.3, 0.4) is 0 Å². The van der Waals surface area contributed by atoms with E-state index in [1.807, 2.05) is 54.6 Å². The zero-order chi connectivity index (χ0) is 16.9. The van der Waals surface area contributed by atoms with E-state index < -0.39 is 0 Å². The molecule has 0 radical (unpaired) electrons. The van der Waals surface area contributed by atoms with Crippen LogP contribution in [0.2, 0.25) is 0 Å². The molecule has 0 aliphatic carbocycles. The topological polar surface area (TPSA) is 35.5 Å². The molecule has 0 atom stereocenters. The molecule has 0 amide bonds. The van der Waals surface area contributed by atoms with E-state index in [-0.39, 0.29) is 5.78 Å². The van der Waals surface area contributed by atoms with Crippen LogP contribution in [0.5, 0.6) is 11.5 Å². The minimum absolute atomic E-state index is 0.0553. The monoisotopic (exact) mass is 320 g/mol. The second-order valence-electron chi connectivity index (χ2n) is 5.61. The van der Waals surface area contributed by atoms with Gasteiger partial charge in [0.05, 0.1) is 19.8 Å². The number of ether oxygens (including phenoxy) is 2. The summed E-state index contributed by atoms with van der Waals surface area (Å²) in [5.41, 5.74) is 1.72. The fourth-order valence-corrected chi connectivity index (χ4v) is 2.95. The molecular weight excluding hydrogens is 300 g/mol. The van der Waals surface area contributed by atoms with E-state index in [1.165, 1.54) is 0 Å². The van der Waals surface area contributed by atoms with Crippen LogP contribution in [-0.2, 0) is 6.42 Å². The summed E-state index contributed by atoms with van der Waals surface area (Å²) in [6.07, 6.45) is 1.14. The van der Waals surface area contributed by atoms with Gasteiger partial charge >= 0.3 is 0 Å². The molecule has 0 aliphatic rings. The van der Waals surface area contributed by atoms with Gasteiger partial charge in [0.1, 0.15) is 11.5 Å². The highest BCUT2D eigenvalue weighted by Crippen LogP contribution is 2.37. The third kappa shape index (κ3) is 3.11. The Morgan fingerprint density at radius 3 is 2.21 bits per heavy atom. The van der Waals surface area contributed by atoms with Crippen LogP contribution < -0.4 is 9.47 Å². The molecule has 0 N–H and O–H groups in total. The first kappa shape index (κ1) is 16.1. The van der Waals surface area contributed by atoms with Crippen LogP contribution in [-0.4, -0.2) is 20.0 Å². The summed E-state index contributed by atoms with van der Waals surface area (Å²) in [6, 6.07) is 19.6. The van der Waals surface area contributed by atoms with Crippen LogP contribution >= 0.6 is 0 Å². The highest BCUT2D eigenvalue weighted by atomic mass is 16.5. The van der Waals surface area contributed by atoms with Crippen molar-refractivity contribution in [1.29, 1.82) is 0 Å². The molecule has 0 fully saturated rings. The van der Waals surface area contributed by atoms with E-state index in [1.54, 1.807) is 20.3 Å². The van der Waals surface area contributed by atoms with Crippen molar-refractivity contribution >= 4 is 16.6 Å². The molecule has 0 aliphatic heterocycles. The molecule has 0 unspecified atom stereocenters. The maximum atomic E-state index is 12.8. The van der Waals surface area contributed by atoms with Gasteiger partial charge in [0.2, 0.25) is 0 Å². The van der Waals surface area contributed by atoms with Crippen LogP contribution in [0.4, 0.5) is 0 Å². The maximum Gasteiger partial charge on any atom is 0.167 e. The van der Waals surface area contributed by atoms with Gasteiger partial charge in [-0.3, -0.25) is 4.79 Å². The number of benzene rings is 3. The third-order valence-electron chi connectivity index (χ3n) is 4.17. The summed E-state index contributed by atoms with van der Waals surface area (Å²) in [5, 5.41) is 1.83. The predicted molar refractivity (Wildman–Crippen MR) is 96.1 cm³/mol. The Kier molecular flexibility index (Phi) is 4.80. The smallest absolute Gasteiger partial charge is 0.167 e. The van der Waals surface area contributed by atoms with E-state index in [4.69, 9.17) is 9.47 Å². The molecule has 122 valence electrons. The molecule has 0 saturated heterocycles. The molecule has 3 nitrogen and oxygen atoms in total. The fourth-order valence-electron chi connectivity index (χ4n) is 2.95. The number of fused-ring (bicyclic) bond motifs is 1. The molecule has 3 heteroatoms. The number of carbonyl (C=O) groups is 1. The average molecular weight is 320 g/mol. The van der Waals surface area contributed by atoms with E-state index in [2.05, 4.69) is 0 Å². The number of aryl methyl sites for hydroxylation is 1. The first-order valence-corrected chi connectivity index (χ1v) is 7.95. The van der Waals surface area contributed by atoms with E-state index >= 15 is 0 Å². The molecule has 0 heterocycles. The summed E-state index contributed by atoms with van der Waals surface area (Å²) < 4.78 is 11.0. The van der Waals surface area contributed by atoms with Crippen LogP contribution in [0, 0.1) is 0 Å². The van der Waals surface area contributed by atoms with Crippen molar-refractivity contribution in [3.8, 4) is 11.5 Å². The first-order chi connectivity index (χ1) is 11.7. The Morgan fingerprint density at radius 1 is 0.875 bits per heavy atom.